The molecular weight excluding hydrogens is 253 g/mol. The zero-order valence-corrected chi connectivity index (χ0v) is 10.9. The Morgan fingerprint density at radius 3 is 3.00 bits per heavy atom. The molecule has 1 heterocycles. The molecule has 0 bridgehead atoms. The van der Waals surface area contributed by atoms with Gasteiger partial charge in [0.2, 0.25) is 0 Å². The number of hydrogen-bond acceptors (Lipinski definition) is 2. The highest BCUT2D eigenvalue weighted by Gasteiger charge is 2.04. The molecule has 3 nitrogen and oxygen atoms in total. The van der Waals surface area contributed by atoms with Crippen molar-refractivity contribution in [2.75, 3.05) is 5.32 Å². The smallest absolute Gasteiger partial charge is 0.128 e. The van der Waals surface area contributed by atoms with Gasteiger partial charge in [-0.05, 0) is 24.6 Å². The van der Waals surface area contributed by atoms with Gasteiger partial charge in [-0.25, -0.2) is 9.37 Å². The van der Waals surface area contributed by atoms with Gasteiger partial charge in [0.1, 0.15) is 11.6 Å². The van der Waals surface area contributed by atoms with Gasteiger partial charge in [-0.2, -0.15) is 0 Å². The standard InChI is InChI=1S/C13H15ClFN3/c1-2-6-18-7-5-16-13(18)9-17-12-4-3-10(15)8-11(12)14/h3-5,7-8,17H,2,6,9H2,1H3. The highest BCUT2D eigenvalue weighted by Crippen LogP contribution is 2.22. The van der Waals surface area contributed by atoms with Crippen molar-refractivity contribution in [1.82, 2.24) is 9.55 Å². The molecule has 0 radical (unpaired) electrons. The maximum absolute atomic E-state index is 12.9. The van der Waals surface area contributed by atoms with E-state index in [9.17, 15) is 4.39 Å². The number of halogens is 2. The minimum Gasteiger partial charge on any atom is -0.377 e. The molecule has 1 aromatic carbocycles. The van der Waals surface area contributed by atoms with Crippen LogP contribution in [0.4, 0.5) is 10.1 Å². The second kappa shape index (κ2) is 5.87. The maximum Gasteiger partial charge on any atom is 0.128 e. The number of anilines is 1. The van der Waals surface area contributed by atoms with Crippen molar-refractivity contribution < 1.29 is 4.39 Å². The van der Waals surface area contributed by atoms with Gasteiger partial charge in [0.15, 0.2) is 0 Å². The van der Waals surface area contributed by atoms with Crippen LogP contribution in [0.25, 0.3) is 0 Å². The van der Waals surface area contributed by atoms with E-state index in [1.54, 1.807) is 12.3 Å². The molecule has 0 aliphatic carbocycles. The average Bonchev–Trinajstić information content (AvgIpc) is 2.76. The fourth-order valence-corrected chi connectivity index (χ4v) is 1.99. The van der Waals surface area contributed by atoms with Crippen LogP contribution in [0.3, 0.4) is 0 Å². The first-order chi connectivity index (χ1) is 8.70. The largest absolute Gasteiger partial charge is 0.377 e. The molecule has 0 atom stereocenters. The molecule has 0 aliphatic heterocycles. The topological polar surface area (TPSA) is 29.9 Å². The third-order valence-corrected chi connectivity index (χ3v) is 2.95. The van der Waals surface area contributed by atoms with E-state index in [0.29, 0.717) is 17.3 Å². The summed E-state index contributed by atoms with van der Waals surface area (Å²) >= 11 is 5.94. The van der Waals surface area contributed by atoms with Crippen LogP contribution in [-0.4, -0.2) is 9.55 Å². The van der Waals surface area contributed by atoms with Crippen molar-refractivity contribution in [3.05, 3.63) is 47.3 Å². The molecule has 18 heavy (non-hydrogen) atoms. The van der Waals surface area contributed by atoms with Gasteiger partial charge in [0, 0.05) is 18.9 Å². The van der Waals surface area contributed by atoms with E-state index < -0.39 is 0 Å². The van der Waals surface area contributed by atoms with E-state index in [2.05, 4.69) is 21.8 Å². The monoisotopic (exact) mass is 267 g/mol. The molecule has 2 aromatic rings. The van der Waals surface area contributed by atoms with Gasteiger partial charge in [-0.1, -0.05) is 18.5 Å². The molecule has 0 aliphatic rings. The van der Waals surface area contributed by atoms with E-state index in [-0.39, 0.29) is 5.82 Å². The average molecular weight is 268 g/mol. The second-order valence-electron chi connectivity index (χ2n) is 4.01. The van der Waals surface area contributed by atoms with E-state index >= 15 is 0 Å². The molecule has 2 rings (SSSR count). The van der Waals surface area contributed by atoms with Gasteiger partial charge in [-0.3, -0.25) is 0 Å². The fourth-order valence-electron chi connectivity index (χ4n) is 1.76. The molecule has 0 unspecified atom stereocenters. The van der Waals surface area contributed by atoms with Crippen molar-refractivity contribution in [2.45, 2.75) is 26.4 Å². The van der Waals surface area contributed by atoms with Crippen LogP contribution in [0.2, 0.25) is 5.02 Å². The van der Waals surface area contributed by atoms with Crippen LogP contribution in [0.15, 0.2) is 30.6 Å². The summed E-state index contributed by atoms with van der Waals surface area (Å²) < 4.78 is 15.0. The van der Waals surface area contributed by atoms with Gasteiger partial charge in [-0.15, -0.1) is 0 Å². The van der Waals surface area contributed by atoms with E-state index in [1.807, 2.05) is 6.20 Å². The molecule has 1 aromatic heterocycles. The number of hydrogen-bond donors (Lipinski definition) is 1. The summed E-state index contributed by atoms with van der Waals surface area (Å²) in [5.41, 5.74) is 0.712. The molecule has 0 amide bonds. The number of aryl methyl sites for hydroxylation is 1. The third kappa shape index (κ3) is 3.01. The molecule has 5 heteroatoms. The van der Waals surface area contributed by atoms with Crippen molar-refractivity contribution in [2.24, 2.45) is 0 Å². The predicted molar refractivity (Wildman–Crippen MR) is 71.3 cm³/mol. The summed E-state index contributed by atoms with van der Waals surface area (Å²) in [4.78, 5) is 4.28. The third-order valence-electron chi connectivity index (χ3n) is 2.63. The van der Waals surface area contributed by atoms with Crippen LogP contribution in [0.5, 0.6) is 0 Å². The number of benzene rings is 1. The molecule has 96 valence electrons. The van der Waals surface area contributed by atoms with Crippen LogP contribution in [-0.2, 0) is 13.1 Å². The highest BCUT2D eigenvalue weighted by molar-refractivity contribution is 6.33. The number of rotatable bonds is 5. The molecule has 0 saturated carbocycles. The second-order valence-corrected chi connectivity index (χ2v) is 4.42. The summed E-state index contributed by atoms with van der Waals surface area (Å²) in [6.07, 6.45) is 4.78. The Hall–Kier alpha value is -1.55. The van der Waals surface area contributed by atoms with Crippen LogP contribution in [0, 0.1) is 5.82 Å². The minimum absolute atomic E-state index is 0.335. The molecule has 1 N–H and O–H groups in total. The van der Waals surface area contributed by atoms with Gasteiger partial charge in [0.05, 0.1) is 17.3 Å². The molecule has 0 spiro atoms. The SMILES string of the molecule is CCCn1ccnc1CNc1ccc(F)cc1Cl. The lowest BCUT2D eigenvalue weighted by Gasteiger charge is -2.10. The Morgan fingerprint density at radius 2 is 2.28 bits per heavy atom. The van der Waals surface area contributed by atoms with Gasteiger partial charge in [0.25, 0.3) is 0 Å². The lowest BCUT2D eigenvalue weighted by Crippen LogP contribution is -2.08. The summed E-state index contributed by atoms with van der Waals surface area (Å²) in [6.45, 7) is 3.63. The van der Waals surface area contributed by atoms with Crippen LogP contribution in [0.1, 0.15) is 19.2 Å². The van der Waals surface area contributed by atoms with Crippen molar-refractivity contribution in [3.63, 3.8) is 0 Å². The molecule has 0 saturated heterocycles. The minimum atomic E-state index is -0.335. The summed E-state index contributed by atoms with van der Waals surface area (Å²) in [7, 11) is 0. The van der Waals surface area contributed by atoms with E-state index in [4.69, 9.17) is 11.6 Å². The zero-order chi connectivity index (χ0) is 13.0. The lowest BCUT2D eigenvalue weighted by atomic mass is 10.3. The Bertz CT molecular complexity index is 525. The highest BCUT2D eigenvalue weighted by atomic mass is 35.5. The summed E-state index contributed by atoms with van der Waals surface area (Å²) in [5, 5.41) is 3.54. The Morgan fingerprint density at radius 1 is 1.44 bits per heavy atom. The fraction of sp³-hybridized carbons (Fsp3) is 0.308. The van der Waals surface area contributed by atoms with Crippen molar-refractivity contribution in [1.29, 1.82) is 0 Å². The van der Waals surface area contributed by atoms with Gasteiger partial charge >= 0.3 is 0 Å². The van der Waals surface area contributed by atoms with Crippen molar-refractivity contribution in [3.8, 4) is 0 Å². The summed E-state index contributed by atoms with van der Waals surface area (Å²) in [6, 6.07) is 4.31. The maximum atomic E-state index is 12.9. The Labute approximate surface area is 111 Å². The first kappa shape index (κ1) is 12.9. The zero-order valence-electron chi connectivity index (χ0n) is 10.2. The Balaban J connectivity index is 2.04. The summed E-state index contributed by atoms with van der Waals surface area (Å²) in [5.74, 6) is 0.607. The first-order valence-electron chi connectivity index (χ1n) is 5.89. The predicted octanol–water partition coefficient (Wildman–Crippen LogP) is 3.70. The van der Waals surface area contributed by atoms with Crippen LogP contribution < -0.4 is 5.32 Å². The van der Waals surface area contributed by atoms with Gasteiger partial charge < -0.3 is 9.88 Å². The van der Waals surface area contributed by atoms with E-state index in [0.717, 1.165) is 18.8 Å². The quantitative estimate of drug-likeness (QED) is 0.895. The van der Waals surface area contributed by atoms with E-state index in [1.165, 1.54) is 12.1 Å². The molecule has 0 fully saturated rings. The number of aromatic nitrogens is 2. The lowest BCUT2D eigenvalue weighted by molar-refractivity contribution is 0.628. The first-order valence-corrected chi connectivity index (χ1v) is 6.27. The number of nitrogens with zero attached hydrogens (tertiary/aromatic N) is 2. The normalized spacial score (nSPS) is 10.6. The number of nitrogens with one attached hydrogen (secondary N) is 1. The Kier molecular flexibility index (Phi) is 4.20. The number of imidazole rings is 1. The van der Waals surface area contributed by atoms with Crippen molar-refractivity contribution >= 4 is 17.3 Å². The van der Waals surface area contributed by atoms with Crippen LogP contribution >= 0.6 is 11.6 Å². The molecular formula is C13H15ClFN3.